The molecular weight excluding hydrogens is 819 g/mol. The molecule has 0 unspecified atom stereocenters. The predicted octanol–water partition coefficient (Wildman–Crippen LogP) is 10.3. The molecule has 5 heteroatoms. The second-order valence-electron chi connectivity index (χ2n) is 17.4. The van der Waals surface area contributed by atoms with Gasteiger partial charge in [0.15, 0.2) is 8.07 Å². The minimum absolute atomic E-state index is 1.02. The third-order valence-corrected chi connectivity index (χ3v) is 19.2. The summed E-state index contributed by atoms with van der Waals surface area (Å²) >= 11 is 0. The van der Waals surface area contributed by atoms with Crippen molar-refractivity contribution in [3.05, 3.63) is 243 Å². The minimum atomic E-state index is -2.75. The topological polar surface area (TPSA) is 14.8 Å². The fourth-order valence-corrected chi connectivity index (χ4v) is 16.3. The van der Waals surface area contributed by atoms with E-state index in [-0.39, 0.29) is 0 Å². The highest BCUT2D eigenvalue weighted by molar-refractivity contribution is 7.19. The molecule has 0 fully saturated rings. The summed E-state index contributed by atoms with van der Waals surface area (Å²) in [5, 5.41) is 14.4. The van der Waals surface area contributed by atoms with Gasteiger partial charge in [0, 0.05) is 59.6 Å². The summed E-state index contributed by atoms with van der Waals surface area (Å²) in [5.41, 5.74) is 10.7. The number of hydrogen-bond donors (Lipinski definition) is 0. The molecule has 0 spiro atoms. The Kier molecular flexibility index (Phi) is 8.56. The Balaban J connectivity index is 1.03. The van der Waals surface area contributed by atoms with E-state index in [4.69, 9.17) is 0 Å². The maximum Gasteiger partial charge on any atom is 0.179 e. The first-order valence-corrected chi connectivity index (χ1v) is 25.5. The molecule has 3 aromatic heterocycles. The predicted molar refractivity (Wildman–Crippen MR) is 283 cm³/mol. The van der Waals surface area contributed by atoms with Crippen molar-refractivity contribution < 1.29 is 0 Å². The zero-order valence-corrected chi connectivity index (χ0v) is 38.9. The molecule has 0 N–H and O–H groups in total. The average molecular weight is 862 g/mol. The van der Waals surface area contributed by atoms with Crippen LogP contribution in [0.4, 0.5) is 0 Å². The Hall–Kier alpha value is -7.97. The van der Waals surface area contributed by atoms with Crippen LogP contribution in [0.25, 0.3) is 82.5 Å². The van der Waals surface area contributed by atoms with Gasteiger partial charge in [-0.15, -0.1) is 0 Å². The van der Waals surface area contributed by atoms with E-state index in [1.807, 2.05) is 0 Å². The molecule has 0 bridgehead atoms. The molecule has 0 aliphatic heterocycles. The van der Waals surface area contributed by atoms with Crippen LogP contribution in [0.1, 0.15) is 0 Å². The van der Waals surface area contributed by atoms with E-state index in [2.05, 4.69) is 256 Å². The lowest BCUT2D eigenvalue weighted by Crippen LogP contribution is -2.74. The lowest BCUT2D eigenvalue weighted by Gasteiger charge is -2.34. The zero-order chi connectivity index (χ0) is 43.1. The molecule has 0 amide bonds. The lowest BCUT2D eigenvalue weighted by atomic mass is 10.1. The van der Waals surface area contributed by atoms with E-state index < -0.39 is 8.07 Å². The number of nitrogens with zero attached hydrogens (tertiary/aromatic N) is 3. The Labute approximate surface area is 381 Å². The van der Waals surface area contributed by atoms with E-state index >= 15 is 0 Å². The van der Waals surface area contributed by atoms with Crippen LogP contribution in [0.15, 0.2) is 243 Å². The van der Waals surface area contributed by atoms with Crippen molar-refractivity contribution >= 4 is 110 Å². The van der Waals surface area contributed by atoms with Gasteiger partial charge in [0.25, 0.3) is 0 Å². The first kappa shape index (κ1) is 37.6. The van der Waals surface area contributed by atoms with Gasteiger partial charge in [-0.25, -0.2) is 0 Å². The molecule has 0 radical (unpaired) electrons. The van der Waals surface area contributed by atoms with Crippen LogP contribution in [0.2, 0.25) is 0 Å². The molecule has 10 aromatic carbocycles. The number of fused-ring (bicyclic) bond motifs is 9. The number of para-hydroxylation sites is 3. The van der Waals surface area contributed by atoms with Gasteiger partial charge >= 0.3 is 0 Å². The normalized spacial score (nSPS) is 12.1. The van der Waals surface area contributed by atoms with Gasteiger partial charge < -0.3 is 13.7 Å². The molecule has 0 saturated carbocycles. The Morgan fingerprint density at radius 1 is 0.246 bits per heavy atom. The van der Waals surface area contributed by atoms with Crippen molar-refractivity contribution in [2.75, 3.05) is 0 Å². The summed E-state index contributed by atoms with van der Waals surface area (Å²) in [6, 6.07) is 90.7. The smallest absolute Gasteiger partial charge is 0.179 e. The van der Waals surface area contributed by atoms with Gasteiger partial charge in [0.05, 0.1) is 33.1 Å². The maximum absolute atomic E-state index is 2.75. The second kappa shape index (κ2) is 14.8. The highest BCUT2D eigenvalue weighted by atomic mass is 28.3. The number of aromatic nitrogens is 3. The molecule has 65 heavy (non-hydrogen) atoms. The zero-order valence-electron chi connectivity index (χ0n) is 35.9. The third kappa shape index (κ3) is 5.66. The Morgan fingerprint density at radius 3 is 1.20 bits per heavy atom. The van der Waals surface area contributed by atoms with Gasteiger partial charge in [-0.2, -0.15) is 0 Å². The van der Waals surface area contributed by atoms with Crippen molar-refractivity contribution in [3.63, 3.8) is 0 Å². The minimum Gasteiger partial charge on any atom is -0.309 e. The molecule has 0 aliphatic carbocycles. The van der Waals surface area contributed by atoms with E-state index in [1.165, 1.54) is 91.4 Å². The molecule has 3 nitrogen and oxygen atoms in total. The summed E-state index contributed by atoms with van der Waals surface area (Å²) < 4.78 is 7.40. The molecule has 0 saturated heterocycles. The van der Waals surface area contributed by atoms with Crippen LogP contribution in [-0.4, -0.2) is 32.0 Å². The van der Waals surface area contributed by atoms with Crippen LogP contribution in [0, 0.1) is 0 Å². The van der Waals surface area contributed by atoms with Gasteiger partial charge in [0.2, 0.25) is 0 Å². The molecule has 3 heterocycles. The molecule has 0 aliphatic rings. The largest absolute Gasteiger partial charge is 0.309 e. The maximum atomic E-state index is 2.48. The standard InChI is InChI=1S/C60H43N3Si2/c64-44-33-36-59-54(40-44)51-27-12-15-30-57(51)62(59)43-31-34-52-49-25-10-13-28-55(49)63(60(52)39-43)42-32-35-58-53(38-42)50-26-11-14-29-56(50)61(58)41-17-16-24-48(37-41)65(45-18-4-1-5-19-45,46-20-6-2-7-21-46)47-22-8-3-9-23-47/h1-40H,64H3. The number of benzene rings is 10. The summed E-state index contributed by atoms with van der Waals surface area (Å²) in [4.78, 5) is 0. The molecule has 0 atom stereocenters. The lowest BCUT2D eigenvalue weighted by molar-refractivity contribution is 1.15. The molecule has 306 valence electrons. The van der Waals surface area contributed by atoms with Crippen LogP contribution < -0.4 is 25.9 Å². The summed E-state index contributed by atoms with van der Waals surface area (Å²) in [6.45, 7) is 0. The average Bonchev–Trinajstić information content (AvgIpc) is 4.00. The highest BCUT2D eigenvalue weighted by Gasteiger charge is 2.41. The summed E-state index contributed by atoms with van der Waals surface area (Å²) in [6.07, 6.45) is 0. The quantitative estimate of drug-likeness (QED) is 0.112. The molecule has 13 aromatic rings. The highest BCUT2D eigenvalue weighted by Crippen LogP contribution is 2.39. The van der Waals surface area contributed by atoms with Gasteiger partial charge in [-0.1, -0.05) is 181 Å². The van der Waals surface area contributed by atoms with Crippen molar-refractivity contribution in [3.8, 4) is 17.1 Å². The van der Waals surface area contributed by atoms with Gasteiger partial charge in [-0.05, 0) is 87.5 Å². The van der Waals surface area contributed by atoms with Gasteiger partial charge in [0.1, 0.15) is 0 Å². The van der Waals surface area contributed by atoms with Crippen molar-refractivity contribution in [2.45, 2.75) is 0 Å². The number of rotatable bonds is 7. The fourth-order valence-electron chi connectivity index (χ4n) is 11.1. The van der Waals surface area contributed by atoms with E-state index in [1.54, 1.807) is 0 Å². The van der Waals surface area contributed by atoms with Crippen LogP contribution >= 0.6 is 0 Å². The summed E-state index contributed by atoms with van der Waals surface area (Å²) in [7, 11) is -1.73. The Bertz CT molecular complexity index is 3860. The van der Waals surface area contributed by atoms with Crippen LogP contribution in [0.5, 0.6) is 0 Å². The molecule has 13 rings (SSSR count). The van der Waals surface area contributed by atoms with Crippen molar-refractivity contribution in [1.29, 1.82) is 0 Å². The van der Waals surface area contributed by atoms with Crippen molar-refractivity contribution in [2.24, 2.45) is 0 Å². The van der Waals surface area contributed by atoms with Crippen LogP contribution in [-0.2, 0) is 0 Å². The summed E-state index contributed by atoms with van der Waals surface area (Å²) in [5.74, 6) is 0. The van der Waals surface area contributed by atoms with Gasteiger partial charge in [-0.3, -0.25) is 0 Å². The molecular formula is C60H43N3Si2. The van der Waals surface area contributed by atoms with E-state index in [0.717, 1.165) is 27.3 Å². The van der Waals surface area contributed by atoms with Crippen molar-refractivity contribution in [1.82, 2.24) is 13.7 Å². The number of hydrogen-bond acceptors (Lipinski definition) is 0. The Morgan fingerprint density at radius 2 is 0.631 bits per heavy atom. The monoisotopic (exact) mass is 861 g/mol. The fraction of sp³-hybridized carbons (Fsp3) is 0. The van der Waals surface area contributed by atoms with E-state index in [0.29, 0.717) is 0 Å². The third-order valence-electron chi connectivity index (χ3n) is 13.8. The first-order valence-electron chi connectivity index (χ1n) is 22.5. The first-order chi connectivity index (χ1) is 32.2. The van der Waals surface area contributed by atoms with Crippen LogP contribution in [0.3, 0.4) is 0 Å². The SMILES string of the molecule is [SiH3]c1ccc2c(c1)c1ccccc1n2-c1ccc2c3ccccc3n(-c3ccc4c(c3)c3ccccc3n4-c3cccc([Si](c4ccccc4)(c4ccccc4)c4ccccc4)c3)c2c1. The van der Waals surface area contributed by atoms with E-state index in [9.17, 15) is 0 Å². The second-order valence-corrected chi connectivity index (χ2v) is 22.3.